The van der Waals surface area contributed by atoms with Gasteiger partial charge in [0.1, 0.15) is 0 Å². The van der Waals surface area contributed by atoms with Gasteiger partial charge in [-0.2, -0.15) is 0 Å². The van der Waals surface area contributed by atoms with Gasteiger partial charge in [-0.05, 0) is 25.8 Å². The molecule has 2 nitrogen and oxygen atoms in total. The summed E-state index contributed by atoms with van der Waals surface area (Å²) in [7, 11) is 0. The average molecular weight is 190 g/mol. The number of hydrogen-bond donors (Lipinski definition) is 1. The minimum absolute atomic E-state index is 0.498. The zero-order valence-electron chi connectivity index (χ0n) is 7.26. The van der Waals surface area contributed by atoms with Crippen molar-refractivity contribution >= 4 is 11.6 Å². The van der Waals surface area contributed by atoms with E-state index in [0.717, 1.165) is 26.1 Å². The monoisotopic (exact) mass is 189 g/mol. The summed E-state index contributed by atoms with van der Waals surface area (Å²) in [6.45, 7) is 2.83. The molecule has 1 heterocycles. The first kappa shape index (κ1) is 10.0. The standard InChI is InChI=1S/C9H16ClNO/c10-5-2-6-11-7-4-9-3-1-8-12-9/h2,5,9,11H,1,3-4,6-8H2/b5-2+. The predicted octanol–water partition coefficient (Wildman–Crippen LogP) is 1.90. The maximum Gasteiger partial charge on any atom is 0.0588 e. The van der Waals surface area contributed by atoms with Gasteiger partial charge in [-0.15, -0.1) is 0 Å². The van der Waals surface area contributed by atoms with Crippen molar-refractivity contribution in [3.63, 3.8) is 0 Å². The second-order valence-electron chi connectivity index (χ2n) is 2.99. The van der Waals surface area contributed by atoms with Crippen LogP contribution < -0.4 is 5.32 Å². The summed E-state index contributed by atoms with van der Waals surface area (Å²) in [6, 6.07) is 0. The third-order valence-corrected chi connectivity index (χ3v) is 2.20. The highest BCUT2D eigenvalue weighted by Gasteiger charge is 2.13. The highest BCUT2D eigenvalue weighted by Crippen LogP contribution is 2.14. The Hall–Kier alpha value is -0.0500. The maximum atomic E-state index is 5.48. The minimum Gasteiger partial charge on any atom is -0.378 e. The lowest BCUT2D eigenvalue weighted by Gasteiger charge is -2.08. The van der Waals surface area contributed by atoms with Crippen LogP contribution in [0.2, 0.25) is 0 Å². The Labute approximate surface area is 78.9 Å². The third-order valence-electron chi connectivity index (χ3n) is 2.02. The Balaban J connectivity index is 1.87. The largest absolute Gasteiger partial charge is 0.378 e. The average Bonchev–Trinajstić information content (AvgIpc) is 2.57. The van der Waals surface area contributed by atoms with Crippen LogP contribution in [0.5, 0.6) is 0 Å². The summed E-state index contributed by atoms with van der Waals surface area (Å²) in [5.74, 6) is 0. The molecule has 1 N–H and O–H groups in total. The van der Waals surface area contributed by atoms with Crippen molar-refractivity contribution in [1.82, 2.24) is 5.32 Å². The first-order valence-electron chi connectivity index (χ1n) is 4.51. The van der Waals surface area contributed by atoms with Crippen LogP contribution in [0, 0.1) is 0 Å². The van der Waals surface area contributed by atoms with Gasteiger partial charge in [0, 0.05) is 18.7 Å². The summed E-state index contributed by atoms with van der Waals surface area (Å²) in [6.07, 6.45) is 5.98. The normalized spacial score (nSPS) is 23.9. The number of rotatable bonds is 5. The highest BCUT2D eigenvalue weighted by molar-refractivity contribution is 6.25. The molecule has 0 aromatic heterocycles. The maximum absolute atomic E-state index is 5.48. The molecule has 1 fully saturated rings. The molecule has 1 atom stereocenters. The van der Waals surface area contributed by atoms with Crippen molar-refractivity contribution in [3.8, 4) is 0 Å². The summed E-state index contributed by atoms with van der Waals surface area (Å²) >= 11 is 5.36. The van der Waals surface area contributed by atoms with Crippen LogP contribution in [0.4, 0.5) is 0 Å². The van der Waals surface area contributed by atoms with E-state index in [1.165, 1.54) is 12.8 Å². The van der Waals surface area contributed by atoms with Crippen LogP contribution in [0.15, 0.2) is 11.6 Å². The molecule has 1 saturated heterocycles. The molecule has 1 aliphatic rings. The Morgan fingerprint density at radius 2 is 2.50 bits per heavy atom. The molecule has 0 aromatic carbocycles. The fourth-order valence-electron chi connectivity index (χ4n) is 1.36. The van der Waals surface area contributed by atoms with Gasteiger partial charge in [0.2, 0.25) is 0 Å². The molecule has 0 aliphatic carbocycles. The molecule has 1 rings (SSSR count). The van der Waals surface area contributed by atoms with Crippen molar-refractivity contribution in [2.24, 2.45) is 0 Å². The fraction of sp³-hybridized carbons (Fsp3) is 0.778. The van der Waals surface area contributed by atoms with Gasteiger partial charge >= 0.3 is 0 Å². The van der Waals surface area contributed by atoms with E-state index in [-0.39, 0.29) is 0 Å². The van der Waals surface area contributed by atoms with Crippen molar-refractivity contribution in [2.45, 2.75) is 25.4 Å². The fourth-order valence-corrected chi connectivity index (χ4v) is 1.45. The summed E-state index contributed by atoms with van der Waals surface area (Å²) in [4.78, 5) is 0. The van der Waals surface area contributed by atoms with Gasteiger partial charge in [0.05, 0.1) is 6.10 Å². The van der Waals surface area contributed by atoms with Crippen LogP contribution in [0.3, 0.4) is 0 Å². The lowest BCUT2D eigenvalue weighted by Crippen LogP contribution is -2.20. The molecule has 0 aromatic rings. The Kier molecular flexibility index (Phi) is 5.41. The van der Waals surface area contributed by atoms with Gasteiger partial charge in [0.15, 0.2) is 0 Å². The van der Waals surface area contributed by atoms with E-state index in [1.807, 2.05) is 6.08 Å². The molecule has 70 valence electrons. The van der Waals surface area contributed by atoms with Gasteiger partial charge in [-0.3, -0.25) is 0 Å². The molecular formula is C9H16ClNO. The Morgan fingerprint density at radius 1 is 1.58 bits per heavy atom. The predicted molar refractivity (Wildman–Crippen MR) is 51.5 cm³/mol. The molecule has 0 bridgehead atoms. The SMILES string of the molecule is Cl/C=C/CNCCC1CCCO1. The minimum atomic E-state index is 0.498. The third kappa shape index (κ3) is 4.10. The molecule has 0 spiro atoms. The van der Waals surface area contributed by atoms with E-state index >= 15 is 0 Å². The molecule has 0 radical (unpaired) electrons. The second kappa shape index (κ2) is 6.46. The van der Waals surface area contributed by atoms with E-state index in [0.29, 0.717) is 6.10 Å². The lowest BCUT2D eigenvalue weighted by molar-refractivity contribution is 0.104. The van der Waals surface area contributed by atoms with Crippen molar-refractivity contribution in [2.75, 3.05) is 19.7 Å². The first-order valence-corrected chi connectivity index (χ1v) is 4.94. The van der Waals surface area contributed by atoms with E-state index in [1.54, 1.807) is 5.54 Å². The van der Waals surface area contributed by atoms with Gasteiger partial charge < -0.3 is 10.1 Å². The summed E-state index contributed by atoms with van der Waals surface area (Å²) in [5.41, 5.74) is 1.54. The van der Waals surface area contributed by atoms with E-state index < -0.39 is 0 Å². The van der Waals surface area contributed by atoms with Gasteiger partial charge in [-0.25, -0.2) is 0 Å². The smallest absolute Gasteiger partial charge is 0.0588 e. The molecule has 3 heteroatoms. The molecule has 1 unspecified atom stereocenters. The van der Waals surface area contributed by atoms with Crippen LogP contribution in [0.25, 0.3) is 0 Å². The topological polar surface area (TPSA) is 21.3 Å². The molecule has 0 saturated carbocycles. The zero-order chi connectivity index (χ0) is 8.65. The van der Waals surface area contributed by atoms with Crippen molar-refractivity contribution < 1.29 is 4.74 Å². The Morgan fingerprint density at radius 3 is 3.17 bits per heavy atom. The first-order chi connectivity index (χ1) is 5.93. The van der Waals surface area contributed by atoms with Gasteiger partial charge in [-0.1, -0.05) is 17.7 Å². The quantitative estimate of drug-likeness (QED) is 0.668. The summed E-state index contributed by atoms with van der Waals surface area (Å²) < 4.78 is 5.48. The molecule has 12 heavy (non-hydrogen) atoms. The van der Waals surface area contributed by atoms with E-state index in [2.05, 4.69) is 5.32 Å². The van der Waals surface area contributed by atoms with Crippen molar-refractivity contribution in [1.29, 1.82) is 0 Å². The number of ether oxygens (including phenoxy) is 1. The highest BCUT2D eigenvalue weighted by atomic mass is 35.5. The van der Waals surface area contributed by atoms with E-state index in [4.69, 9.17) is 16.3 Å². The van der Waals surface area contributed by atoms with E-state index in [9.17, 15) is 0 Å². The zero-order valence-corrected chi connectivity index (χ0v) is 8.02. The summed E-state index contributed by atoms with van der Waals surface area (Å²) in [5, 5.41) is 3.26. The number of nitrogens with one attached hydrogen (secondary N) is 1. The van der Waals surface area contributed by atoms with Crippen molar-refractivity contribution in [3.05, 3.63) is 11.6 Å². The van der Waals surface area contributed by atoms with Crippen LogP contribution in [-0.4, -0.2) is 25.8 Å². The number of halogens is 1. The van der Waals surface area contributed by atoms with Crippen LogP contribution in [-0.2, 0) is 4.74 Å². The van der Waals surface area contributed by atoms with Crippen LogP contribution >= 0.6 is 11.6 Å². The molecule has 1 aliphatic heterocycles. The Bertz CT molecular complexity index is 132. The molecular weight excluding hydrogens is 174 g/mol. The second-order valence-corrected chi connectivity index (χ2v) is 3.24. The lowest BCUT2D eigenvalue weighted by atomic mass is 10.2. The van der Waals surface area contributed by atoms with Crippen LogP contribution in [0.1, 0.15) is 19.3 Å². The molecule has 0 amide bonds. The van der Waals surface area contributed by atoms with Gasteiger partial charge in [0.25, 0.3) is 0 Å². The number of hydrogen-bond acceptors (Lipinski definition) is 2.